The molecule has 1 aromatic rings. The van der Waals surface area contributed by atoms with Crippen LogP contribution in [0.1, 0.15) is 45.6 Å². The summed E-state index contributed by atoms with van der Waals surface area (Å²) < 4.78 is 5.43. The van der Waals surface area contributed by atoms with Crippen molar-refractivity contribution in [1.82, 2.24) is 10.2 Å². The molecular weight excluding hydrogens is 328 g/mol. The first kappa shape index (κ1) is 22.3. The van der Waals surface area contributed by atoms with Crippen molar-refractivity contribution in [2.45, 2.75) is 58.7 Å². The third-order valence-electron chi connectivity index (χ3n) is 4.48. The van der Waals surface area contributed by atoms with Gasteiger partial charge in [-0.2, -0.15) is 0 Å². The minimum atomic E-state index is -0.145. The quantitative estimate of drug-likeness (QED) is 0.569. The van der Waals surface area contributed by atoms with Crippen LogP contribution in [-0.4, -0.2) is 49.4 Å². The fourth-order valence-corrected chi connectivity index (χ4v) is 2.78. The van der Waals surface area contributed by atoms with E-state index in [2.05, 4.69) is 26.1 Å². The van der Waals surface area contributed by atoms with Gasteiger partial charge >= 0.3 is 5.97 Å². The summed E-state index contributed by atoms with van der Waals surface area (Å²) in [5.74, 6) is 0.352. The van der Waals surface area contributed by atoms with Crippen LogP contribution >= 0.6 is 0 Å². The Labute approximate surface area is 158 Å². The lowest BCUT2D eigenvalue weighted by Crippen LogP contribution is -2.40. The number of likely N-dealkylation sites (N-methyl/N-ethyl adjacent to an activating group) is 1. The van der Waals surface area contributed by atoms with Crippen LogP contribution in [0.5, 0.6) is 0 Å². The summed E-state index contributed by atoms with van der Waals surface area (Å²) in [5, 5.41) is 3.04. The minimum absolute atomic E-state index is 0.123. The summed E-state index contributed by atoms with van der Waals surface area (Å²) in [6, 6.07) is 9.81. The van der Waals surface area contributed by atoms with Crippen molar-refractivity contribution in [2.24, 2.45) is 5.92 Å². The van der Waals surface area contributed by atoms with Gasteiger partial charge in [-0.15, -0.1) is 0 Å². The van der Waals surface area contributed by atoms with Gasteiger partial charge in [0.2, 0.25) is 0 Å². The van der Waals surface area contributed by atoms with Gasteiger partial charge in [-0.1, -0.05) is 51.1 Å². The van der Waals surface area contributed by atoms with Crippen LogP contribution in [0.4, 0.5) is 0 Å². The maximum absolute atomic E-state index is 12.2. The van der Waals surface area contributed by atoms with E-state index in [-0.39, 0.29) is 18.1 Å². The van der Waals surface area contributed by atoms with Crippen LogP contribution in [0.3, 0.4) is 0 Å². The van der Waals surface area contributed by atoms with Gasteiger partial charge in [0.15, 0.2) is 0 Å². The molecule has 0 aliphatic carbocycles. The van der Waals surface area contributed by atoms with Gasteiger partial charge in [0, 0.05) is 0 Å². The number of esters is 1. The van der Waals surface area contributed by atoms with Crippen LogP contribution < -0.4 is 5.32 Å². The molecular formula is C21H34N2O3. The first-order chi connectivity index (χ1) is 12.5. The average Bonchev–Trinajstić information content (AvgIpc) is 3.18. The van der Waals surface area contributed by atoms with E-state index in [9.17, 15) is 9.59 Å². The lowest BCUT2D eigenvalue weighted by Gasteiger charge is -2.26. The maximum Gasteiger partial charge on any atom is 0.323 e. The van der Waals surface area contributed by atoms with Crippen molar-refractivity contribution in [3.8, 4) is 0 Å². The Hall–Kier alpha value is -1.72. The largest absolute Gasteiger partial charge is 0.460 e. The number of benzene rings is 1. The molecule has 146 valence electrons. The summed E-state index contributed by atoms with van der Waals surface area (Å²) in [6.45, 7) is 8.52. The molecule has 1 fully saturated rings. The Morgan fingerprint density at radius 3 is 2.50 bits per heavy atom. The van der Waals surface area contributed by atoms with Crippen LogP contribution in [0, 0.1) is 5.92 Å². The summed E-state index contributed by atoms with van der Waals surface area (Å²) in [7, 11) is 1.97. The van der Waals surface area contributed by atoms with Gasteiger partial charge < -0.3 is 14.8 Å². The molecule has 2 rings (SSSR count). The molecule has 0 aromatic heterocycles. The second-order valence-electron chi connectivity index (χ2n) is 7.15. The van der Waals surface area contributed by atoms with Gasteiger partial charge in [0.05, 0.1) is 6.04 Å². The van der Waals surface area contributed by atoms with Crippen molar-refractivity contribution >= 4 is 12.3 Å². The molecule has 0 saturated carbocycles. The van der Waals surface area contributed by atoms with Crippen molar-refractivity contribution in [3.63, 3.8) is 0 Å². The predicted molar refractivity (Wildman–Crippen MR) is 105 cm³/mol. The fourth-order valence-electron chi connectivity index (χ4n) is 2.78. The van der Waals surface area contributed by atoms with Crippen LogP contribution in [-0.2, 0) is 20.9 Å². The monoisotopic (exact) mass is 362 g/mol. The van der Waals surface area contributed by atoms with Gasteiger partial charge in [0.25, 0.3) is 0 Å². The molecule has 1 aromatic carbocycles. The van der Waals surface area contributed by atoms with E-state index in [0.717, 1.165) is 44.2 Å². The molecule has 1 aliphatic heterocycles. The molecule has 2 unspecified atom stereocenters. The fraction of sp³-hybridized carbons (Fsp3) is 0.619. The highest BCUT2D eigenvalue weighted by Crippen LogP contribution is 2.13. The Bertz CT molecular complexity index is 513. The van der Waals surface area contributed by atoms with E-state index in [4.69, 9.17) is 4.74 Å². The highest BCUT2D eigenvalue weighted by atomic mass is 16.5. The molecule has 1 N–H and O–H groups in total. The third-order valence-corrected chi connectivity index (χ3v) is 4.48. The number of nitrogens with zero attached hydrogens (tertiary/aromatic N) is 1. The van der Waals surface area contributed by atoms with E-state index < -0.39 is 0 Å². The van der Waals surface area contributed by atoms with E-state index in [1.165, 1.54) is 0 Å². The Balaban J connectivity index is 0.000000401. The normalized spacial score (nSPS) is 17.5. The molecule has 0 spiro atoms. The molecule has 5 heteroatoms. The van der Waals surface area contributed by atoms with Gasteiger partial charge in [-0.05, 0) is 50.9 Å². The Kier molecular flexibility index (Phi) is 10.8. The zero-order valence-corrected chi connectivity index (χ0v) is 16.6. The van der Waals surface area contributed by atoms with Crippen LogP contribution in [0.25, 0.3) is 0 Å². The van der Waals surface area contributed by atoms with Crippen molar-refractivity contribution in [1.29, 1.82) is 0 Å². The molecule has 0 amide bonds. The number of nitrogens with one attached hydrogen (secondary N) is 1. The van der Waals surface area contributed by atoms with Crippen molar-refractivity contribution in [2.75, 3.05) is 20.1 Å². The Morgan fingerprint density at radius 2 is 2.04 bits per heavy atom. The number of hydrogen-bond donors (Lipinski definition) is 1. The summed E-state index contributed by atoms with van der Waals surface area (Å²) in [6.07, 6.45) is 4.00. The number of ether oxygens (including phenoxy) is 1. The zero-order valence-electron chi connectivity index (χ0n) is 16.6. The first-order valence-corrected chi connectivity index (χ1v) is 9.57. The topological polar surface area (TPSA) is 58.6 Å². The third kappa shape index (κ3) is 8.59. The summed E-state index contributed by atoms with van der Waals surface area (Å²) in [4.78, 5) is 24.2. The second-order valence-corrected chi connectivity index (χ2v) is 7.15. The van der Waals surface area contributed by atoms with Gasteiger partial charge in [-0.25, -0.2) is 0 Å². The summed E-state index contributed by atoms with van der Waals surface area (Å²) >= 11 is 0. The molecule has 1 aliphatic rings. The van der Waals surface area contributed by atoms with Crippen molar-refractivity contribution < 1.29 is 14.3 Å². The van der Waals surface area contributed by atoms with Crippen molar-refractivity contribution in [3.05, 3.63) is 35.9 Å². The number of rotatable bonds is 8. The zero-order chi connectivity index (χ0) is 19.4. The maximum atomic E-state index is 12.2. The Morgan fingerprint density at radius 1 is 1.35 bits per heavy atom. The van der Waals surface area contributed by atoms with Crippen LogP contribution in [0.2, 0.25) is 0 Å². The van der Waals surface area contributed by atoms with E-state index >= 15 is 0 Å². The van der Waals surface area contributed by atoms with E-state index in [0.29, 0.717) is 12.5 Å². The predicted octanol–water partition coefficient (Wildman–Crippen LogP) is 3.03. The van der Waals surface area contributed by atoms with Gasteiger partial charge in [0.1, 0.15) is 18.9 Å². The molecule has 26 heavy (non-hydrogen) atoms. The highest BCUT2D eigenvalue weighted by molar-refractivity contribution is 5.75. The lowest BCUT2D eigenvalue weighted by molar-refractivity contribution is -0.151. The molecule has 5 nitrogen and oxygen atoms in total. The minimum Gasteiger partial charge on any atom is -0.460 e. The number of carbonyl (C=O) groups excluding carboxylic acids is 2. The molecule has 1 heterocycles. The van der Waals surface area contributed by atoms with Gasteiger partial charge in [-0.3, -0.25) is 9.69 Å². The smallest absolute Gasteiger partial charge is 0.323 e. The standard InChI is InChI=1S/C16H25NO2.C5H9NO/c1-5-17(4)15(11-13(2)3)16(18)19-12-14-9-7-6-8-10-14;7-4-5-2-1-3-6-5/h6-10,13,15H,5,11-12H2,1-4H3;4-6H,1-3H2. The molecule has 1 saturated heterocycles. The van der Waals surface area contributed by atoms with E-state index in [1.807, 2.05) is 42.3 Å². The molecule has 2 atom stereocenters. The number of aldehydes is 1. The number of hydrogen-bond acceptors (Lipinski definition) is 5. The summed E-state index contributed by atoms with van der Waals surface area (Å²) in [5.41, 5.74) is 1.03. The lowest BCUT2D eigenvalue weighted by atomic mass is 10.0. The molecule has 0 radical (unpaired) electrons. The second kappa shape index (κ2) is 12.6. The molecule has 0 bridgehead atoms. The average molecular weight is 363 g/mol. The highest BCUT2D eigenvalue weighted by Gasteiger charge is 2.24. The van der Waals surface area contributed by atoms with Crippen LogP contribution in [0.15, 0.2) is 30.3 Å². The SMILES string of the molecule is CCN(C)C(CC(C)C)C(=O)OCc1ccccc1.O=CC1CCCN1. The first-order valence-electron chi connectivity index (χ1n) is 9.57. The van der Waals surface area contributed by atoms with E-state index in [1.54, 1.807) is 0 Å². The number of carbonyl (C=O) groups is 2.